The molecule has 2 aromatic carbocycles. The van der Waals surface area contributed by atoms with Gasteiger partial charge >= 0.3 is 0 Å². The summed E-state index contributed by atoms with van der Waals surface area (Å²) >= 11 is 0. The van der Waals surface area contributed by atoms with Crippen molar-refractivity contribution in [2.24, 2.45) is 0 Å². The van der Waals surface area contributed by atoms with Gasteiger partial charge in [0.25, 0.3) is 0 Å². The van der Waals surface area contributed by atoms with Crippen LogP contribution in [-0.2, 0) is 0 Å². The van der Waals surface area contributed by atoms with Gasteiger partial charge in [0.15, 0.2) is 0 Å². The number of hydrogen-bond donors (Lipinski definition) is 4. The molecule has 4 N–H and O–H groups in total. The molecule has 1 heterocycles. The summed E-state index contributed by atoms with van der Waals surface area (Å²) in [7, 11) is 0. The van der Waals surface area contributed by atoms with Crippen LogP contribution in [0.1, 0.15) is 23.2 Å². The Balaban J connectivity index is 2.01. The predicted molar refractivity (Wildman–Crippen MR) is 77.6 cm³/mol. The van der Waals surface area contributed by atoms with E-state index in [2.05, 4.69) is 10.6 Å². The van der Waals surface area contributed by atoms with Gasteiger partial charge in [-0.25, -0.2) is 8.78 Å². The molecule has 116 valence electrons. The SMILES string of the molecule is Oc1ccc([C@H]2NCCN[C@H]2c2ccc(O)cc2F)c(F)c1. The lowest BCUT2D eigenvalue weighted by Gasteiger charge is -2.34. The van der Waals surface area contributed by atoms with Crippen LogP contribution in [-0.4, -0.2) is 23.3 Å². The van der Waals surface area contributed by atoms with Crippen LogP contribution in [0.15, 0.2) is 36.4 Å². The summed E-state index contributed by atoms with van der Waals surface area (Å²) in [5, 5.41) is 25.0. The minimum Gasteiger partial charge on any atom is -0.508 e. The third-order valence-corrected chi connectivity index (χ3v) is 3.83. The van der Waals surface area contributed by atoms with Crippen molar-refractivity contribution in [2.45, 2.75) is 12.1 Å². The van der Waals surface area contributed by atoms with Crippen LogP contribution in [0.4, 0.5) is 8.78 Å². The number of nitrogens with one attached hydrogen (secondary N) is 2. The summed E-state index contributed by atoms with van der Waals surface area (Å²) in [6.07, 6.45) is 0. The highest BCUT2D eigenvalue weighted by Gasteiger charge is 2.31. The average molecular weight is 306 g/mol. The second-order valence-electron chi connectivity index (χ2n) is 5.28. The molecule has 0 aromatic heterocycles. The molecule has 1 saturated heterocycles. The van der Waals surface area contributed by atoms with E-state index in [0.717, 1.165) is 12.1 Å². The fourth-order valence-corrected chi connectivity index (χ4v) is 2.81. The standard InChI is InChI=1S/C16H16F2N2O2/c17-13-7-9(21)1-3-11(13)15-16(20-6-5-19-15)12-4-2-10(22)8-14(12)18/h1-4,7-8,15-16,19-22H,5-6H2/t15-,16+. The van der Waals surface area contributed by atoms with E-state index < -0.39 is 23.7 Å². The molecule has 2 atom stereocenters. The number of hydrogen-bond acceptors (Lipinski definition) is 4. The molecule has 0 saturated carbocycles. The molecule has 0 bridgehead atoms. The van der Waals surface area contributed by atoms with E-state index in [1.54, 1.807) is 0 Å². The quantitative estimate of drug-likeness (QED) is 0.688. The zero-order valence-electron chi connectivity index (χ0n) is 11.7. The molecule has 0 radical (unpaired) electrons. The number of rotatable bonds is 2. The normalized spacial score (nSPS) is 21.7. The van der Waals surface area contributed by atoms with E-state index >= 15 is 0 Å². The molecule has 22 heavy (non-hydrogen) atoms. The van der Waals surface area contributed by atoms with Crippen molar-refractivity contribution in [3.8, 4) is 11.5 Å². The van der Waals surface area contributed by atoms with Gasteiger partial charge in [-0.15, -0.1) is 0 Å². The first-order valence-corrected chi connectivity index (χ1v) is 7.00. The molecule has 4 nitrogen and oxygen atoms in total. The third kappa shape index (κ3) is 2.75. The summed E-state index contributed by atoms with van der Waals surface area (Å²) in [5.74, 6) is -1.41. The third-order valence-electron chi connectivity index (χ3n) is 3.83. The maximum absolute atomic E-state index is 14.1. The molecule has 0 spiro atoms. The topological polar surface area (TPSA) is 64.5 Å². The Morgan fingerprint density at radius 3 is 1.55 bits per heavy atom. The first-order valence-electron chi connectivity index (χ1n) is 7.00. The molecule has 1 fully saturated rings. The second-order valence-corrected chi connectivity index (χ2v) is 5.28. The van der Waals surface area contributed by atoms with E-state index in [9.17, 15) is 19.0 Å². The lowest BCUT2D eigenvalue weighted by Crippen LogP contribution is -2.45. The van der Waals surface area contributed by atoms with Gasteiger partial charge < -0.3 is 20.8 Å². The fourth-order valence-electron chi connectivity index (χ4n) is 2.81. The maximum Gasteiger partial charge on any atom is 0.131 e. The van der Waals surface area contributed by atoms with Crippen LogP contribution >= 0.6 is 0 Å². The smallest absolute Gasteiger partial charge is 0.131 e. The van der Waals surface area contributed by atoms with Crippen LogP contribution in [0.5, 0.6) is 11.5 Å². The van der Waals surface area contributed by atoms with Crippen molar-refractivity contribution in [2.75, 3.05) is 13.1 Å². The van der Waals surface area contributed by atoms with Gasteiger partial charge in [-0.05, 0) is 12.1 Å². The zero-order chi connectivity index (χ0) is 15.7. The first kappa shape index (κ1) is 14.7. The van der Waals surface area contributed by atoms with Crippen LogP contribution < -0.4 is 10.6 Å². The first-order chi connectivity index (χ1) is 10.6. The molecule has 0 unspecified atom stereocenters. The molecule has 1 aliphatic rings. The van der Waals surface area contributed by atoms with Gasteiger partial charge in [-0.1, -0.05) is 12.1 Å². The van der Waals surface area contributed by atoms with Gasteiger partial charge in [0.2, 0.25) is 0 Å². The number of phenols is 2. The van der Waals surface area contributed by atoms with E-state index in [-0.39, 0.29) is 11.5 Å². The van der Waals surface area contributed by atoms with Crippen LogP contribution in [0, 0.1) is 11.6 Å². The molecule has 2 aromatic rings. The Morgan fingerprint density at radius 2 is 1.18 bits per heavy atom. The van der Waals surface area contributed by atoms with Crippen molar-refractivity contribution < 1.29 is 19.0 Å². The van der Waals surface area contributed by atoms with Gasteiger partial charge in [0.1, 0.15) is 23.1 Å². The predicted octanol–water partition coefficient (Wildman–Crippen LogP) is 2.35. The summed E-state index contributed by atoms with van der Waals surface area (Å²) in [5.41, 5.74) is 0.699. The highest BCUT2D eigenvalue weighted by molar-refractivity contribution is 5.36. The molecule has 3 rings (SSSR count). The number of halogens is 2. The molecular weight excluding hydrogens is 290 g/mol. The lowest BCUT2D eigenvalue weighted by molar-refractivity contribution is 0.317. The second kappa shape index (κ2) is 5.90. The summed E-state index contributed by atoms with van der Waals surface area (Å²) in [4.78, 5) is 0. The number of phenolic OH excluding ortho intramolecular Hbond substituents is 2. The Hall–Kier alpha value is -2.18. The monoisotopic (exact) mass is 306 g/mol. The van der Waals surface area contributed by atoms with Gasteiger partial charge in [0, 0.05) is 36.3 Å². The lowest BCUT2D eigenvalue weighted by atomic mass is 9.91. The summed E-state index contributed by atoms with van der Waals surface area (Å²) < 4.78 is 28.3. The molecule has 0 amide bonds. The summed E-state index contributed by atoms with van der Waals surface area (Å²) in [6.45, 7) is 1.22. The fraction of sp³-hybridized carbons (Fsp3) is 0.250. The van der Waals surface area contributed by atoms with E-state index in [1.165, 1.54) is 24.3 Å². The number of benzene rings is 2. The highest BCUT2D eigenvalue weighted by Crippen LogP contribution is 2.34. The molecule has 1 aliphatic heterocycles. The highest BCUT2D eigenvalue weighted by atomic mass is 19.1. The largest absolute Gasteiger partial charge is 0.508 e. The zero-order valence-corrected chi connectivity index (χ0v) is 11.7. The van der Waals surface area contributed by atoms with E-state index in [0.29, 0.717) is 24.2 Å². The Bertz CT molecular complexity index is 634. The van der Waals surface area contributed by atoms with Crippen molar-refractivity contribution in [3.05, 3.63) is 59.2 Å². The van der Waals surface area contributed by atoms with Gasteiger partial charge in [-0.3, -0.25) is 0 Å². The number of piperazine rings is 1. The van der Waals surface area contributed by atoms with Gasteiger partial charge in [-0.2, -0.15) is 0 Å². The average Bonchev–Trinajstić information content (AvgIpc) is 2.48. The maximum atomic E-state index is 14.1. The molecular formula is C16H16F2N2O2. The Morgan fingerprint density at radius 1 is 0.773 bits per heavy atom. The van der Waals surface area contributed by atoms with Crippen molar-refractivity contribution in [1.29, 1.82) is 0 Å². The Kier molecular flexibility index (Phi) is 3.96. The van der Waals surface area contributed by atoms with E-state index in [1.807, 2.05) is 0 Å². The molecule has 6 heteroatoms. The molecule has 0 aliphatic carbocycles. The minimum atomic E-state index is -0.551. The minimum absolute atomic E-state index is 0.155. The van der Waals surface area contributed by atoms with Crippen LogP contribution in [0.3, 0.4) is 0 Å². The Labute approximate surface area is 126 Å². The summed E-state index contributed by atoms with van der Waals surface area (Å²) in [6, 6.07) is 6.90. The van der Waals surface area contributed by atoms with Gasteiger partial charge in [0.05, 0.1) is 12.1 Å². The van der Waals surface area contributed by atoms with Crippen molar-refractivity contribution in [1.82, 2.24) is 10.6 Å². The van der Waals surface area contributed by atoms with Crippen LogP contribution in [0.25, 0.3) is 0 Å². The number of aromatic hydroxyl groups is 2. The van der Waals surface area contributed by atoms with Crippen molar-refractivity contribution >= 4 is 0 Å². The van der Waals surface area contributed by atoms with E-state index in [4.69, 9.17) is 0 Å². The van der Waals surface area contributed by atoms with Crippen LogP contribution in [0.2, 0.25) is 0 Å². The van der Waals surface area contributed by atoms with Crippen molar-refractivity contribution in [3.63, 3.8) is 0 Å².